The maximum Gasteiger partial charge on any atom is 0.180 e. The SMILES string of the molecule is COc1ccc(CCC(C)NCc2csc(N)n2)cc1. The molecule has 1 heterocycles. The number of ether oxygens (including phenoxy) is 1. The predicted molar refractivity (Wildman–Crippen MR) is 84.1 cm³/mol. The first-order valence-corrected chi connectivity index (χ1v) is 7.61. The molecule has 5 heteroatoms. The number of nitrogens with two attached hydrogens (primary N) is 1. The number of aryl methyl sites for hydroxylation is 1. The Balaban J connectivity index is 1.72. The first-order chi connectivity index (χ1) is 9.67. The van der Waals surface area contributed by atoms with E-state index >= 15 is 0 Å². The molecule has 20 heavy (non-hydrogen) atoms. The molecule has 0 saturated carbocycles. The number of rotatable bonds is 7. The Labute approximate surface area is 124 Å². The fraction of sp³-hybridized carbons (Fsp3) is 0.400. The maximum absolute atomic E-state index is 5.61. The fourth-order valence-electron chi connectivity index (χ4n) is 1.96. The van der Waals surface area contributed by atoms with E-state index in [1.165, 1.54) is 16.9 Å². The number of hydrogen-bond acceptors (Lipinski definition) is 5. The average molecular weight is 291 g/mol. The number of anilines is 1. The standard InChI is InChI=1S/C15H21N3OS/c1-11(17-9-13-10-20-15(16)18-13)3-4-12-5-7-14(19-2)8-6-12/h5-8,10-11,17H,3-4,9H2,1-2H3,(H2,16,18). The largest absolute Gasteiger partial charge is 0.497 e. The number of aromatic nitrogens is 1. The minimum atomic E-state index is 0.444. The molecular weight excluding hydrogens is 270 g/mol. The van der Waals surface area contributed by atoms with E-state index in [2.05, 4.69) is 29.4 Å². The van der Waals surface area contributed by atoms with Crippen molar-refractivity contribution in [2.24, 2.45) is 0 Å². The smallest absolute Gasteiger partial charge is 0.180 e. The van der Waals surface area contributed by atoms with Crippen molar-refractivity contribution in [2.45, 2.75) is 32.4 Å². The van der Waals surface area contributed by atoms with Crippen molar-refractivity contribution in [3.63, 3.8) is 0 Å². The van der Waals surface area contributed by atoms with Gasteiger partial charge < -0.3 is 15.8 Å². The fourth-order valence-corrected chi connectivity index (χ4v) is 2.52. The molecule has 1 atom stereocenters. The van der Waals surface area contributed by atoms with Gasteiger partial charge in [-0.25, -0.2) is 4.98 Å². The second-order valence-electron chi connectivity index (χ2n) is 4.85. The molecule has 1 aromatic heterocycles. The molecule has 0 spiro atoms. The normalized spacial score (nSPS) is 12.3. The van der Waals surface area contributed by atoms with Gasteiger partial charge in [-0.2, -0.15) is 0 Å². The molecule has 2 aromatic rings. The van der Waals surface area contributed by atoms with E-state index in [0.717, 1.165) is 30.8 Å². The van der Waals surface area contributed by atoms with Gasteiger partial charge in [-0.1, -0.05) is 12.1 Å². The van der Waals surface area contributed by atoms with E-state index in [1.807, 2.05) is 17.5 Å². The van der Waals surface area contributed by atoms with Crippen molar-refractivity contribution in [1.29, 1.82) is 0 Å². The summed E-state index contributed by atoms with van der Waals surface area (Å²) < 4.78 is 5.16. The monoisotopic (exact) mass is 291 g/mol. The lowest BCUT2D eigenvalue weighted by molar-refractivity contribution is 0.414. The predicted octanol–water partition coefficient (Wildman–Crippen LogP) is 2.84. The van der Waals surface area contributed by atoms with Crippen LogP contribution in [0.2, 0.25) is 0 Å². The van der Waals surface area contributed by atoms with E-state index < -0.39 is 0 Å². The molecule has 108 valence electrons. The topological polar surface area (TPSA) is 60.2 Å². The molecule has 0 radical (unpaired) electrons. The lowest BCUT2D eigenvalue weighted by Crippen LogP contribution is -2.26. The number of benzene rings is 1. The van der Waals surface area contributed by atoms with E-state index in [9.17, 15) is 0 Å². The summed E-state index contributed by atoms with van der Waals surface area (Å²) >= 11 is 1.48. The molecule has 3 N–H and O–H groups in total. The van der Waals surface area contributed by atoms with Crippen LogP contribution < -0.4 is 15.8 Å². The summed E-state index contributed by atoms with van der Waals surface area (Å²) in [5.41, 5.74) is 7.96. The first-order valence-electron chi connectivity index (χ1n) is 6.73. The van der Waals surface area contributed by atoms with Crippen molar-refractivity contribution in [1.82, 2.24) is 10.3 Å². The highest BCUT2D eigenvalue weighted by Crippen LogP contribution is 2.14. The zero-order valence-electron chi connectivity index (χ0n) is 11.9. The van der Waals surface area contributed by atoms with Crippen LogP contribution in [0.25, 0.3) is 0 Å². The van der Waals surface area contributed by atoms with Gasteiger partial charge in [0.05, 0.1) is 12.8 Å². The van der Waals surface area contributed by atoms with Gasteiger partial charge >= 0.3 is 0 Å². The third kappa shape index (κ3) is 4.51. The quantitative estimate of drug-likeness (QED) is 0.823. The third-order valence-electron chi connectivity index (χ3n) is 3.23. The van der Waals surface area contributed by atoms with Crippen molar-refractivity contribution in [3.05, 3.63) is 40.9 Å². The van der Waals surface area contributed by atoms with E-state index in [-0.39, 0.29) is 0 Å². The first kappa shape index (κ1) is 14.8. The van der Waals surface area contributed by atoms with Gasteiger partial charge in [0.1, 0.15) is 5.75 Å². The van der Waals surface area contributed by atoms with E-state index in [4.69, 9.17) is 10.5 Å². The average Bonchev–Trinajstić information content (AvgIpc) is 2.89. The minimum Gasteiger partial charge on any atom is -0.497 e. The molecule has 0 aliphatic carbocycles. The van der Waals surface area contributed by atoms with Crippen LogP contribution >= 0.6 is 11.3 Å². The number of nitrogens with one attached hydrogen (secondary N) is 1. The lowest BCUT2D eigenvalue weighted by atomic mass is 10.1. The molecule has 0 bridgehead atoms. The highest BCUT2D eigenvalue weighted by molar-refractivity contribution is 7.13. The van der Waals surface area contributed by atoms with Gasteiger partial charge in [-0.15, -0.1) is 11.3 Å². The summed E-state index contributed by atoms with van der Waals surface area (Å²) in [6.45, 7) is 2.97. The highest BCUT2D eigenvalue weighted by Gasteiger charge is 2.04. The molecule has 4 nitrogen and oxygen atoms in total. The van der Waals surface area contributed by atoms with Crippen molar-refractivity contribution in [2.75, 3.05) is 12.8 Å². The molecular formula is C15H21N3OS. The summed E-state index contributed by atoms with van der Waals surface area (Å²) in [5, 5.41) is 6.10. The van der Waals surface area contributed by atoms with Crippen LogP contribution in [0.3, 0.4) is 0 Å². The summed E-state index contributed by atoms with van der Waals surface area (Å²) in [7, 11) is 1.69. The Morgan fingerprint density at radius 1 is 1.35 bits per heavy atom. The van der Waals surface area contributed by atoms with E-state index in [0.29, 0.717) is 11.2 Å². The van der Waals surface area contributed by atoms with Gasteiger partial charge in [0, 0.05) is 18.0 Å². The molecule has 1 aromatic carbocycles. The Morgan fingerprint density at radius 3 is 2.70 bits per heavy atom. The Bertz CT molecular complexity index is 524. The molecule has 1 unspecified atom stereocenters. The van der Waals surface area contributed by atoms with Gasteiger partial charge in [-0.05, 0) is 37.5 Å². The summed E-state index contributed by atoms with van der Waals surface area (Å²) in [6, 6.07) is 8.69. The van der Waals surface area contributed by atoms with Gasteiger partial charge in [-0.3, -0.25) is 0 Å². The molecule has 0 saturated heterocycles. The number of nitrogen functional groups attached to an aromatic ring is 1. The lowest BCUT2D eigenvalue weighted by Gasteiger charge is -2.13. The van der Waals surface area contributed by atoms with Crippen LogP contribution in [0.4, 0.5) is 5.13 Å². The molecule has 0 aliphatic rings. The number of hydrogen-bond donors (Lipinski definition) is 2. The van der Waals surface area contributed by atoms with Crippen LogP contribution in [0.1, 0.15) is 24.6 Å². The van der Waals surface area contributed by atoms with Gasteiger partial charge in [0.2, 0.25) is 0 Å². The Morgan fingerprint density at radius 2 is 2.10 bits per heavy atom. The molecule has 0 aliphatic heterocycles. The molecule has 0 fully saturated rings. The molecule has 2 rings (SSSR count). The number of methoxy groups -OCH3 is 1. The van der Waals surface area contributed by atoms with Crippen LogP contribution in [0, 0.1) is 0 Å². The summed E-state index contributed by atoms with van der Waals surface area (Å²) in [5.74, 6) is 0.904. The Hall–Kier alpha value is -1.59. The van der Waals surface area contributed by atoms with Crippen LogP contribution in [0.15, 0.2) is 29.6 Å². The van der Waals surface area contributed by atoms with Crippen molar-refractivity contribution in [3.8, 4) is 5.75 Å². The van der Waals surface area contributed by atoms with Crippen LogP contribution in [-0.4, -0.2) is 18.1 Å². The second-order valence-corrected chi connectivity index (χ2v) is 5.74. The summed E-state index contributed by atoms with van der Waals surface area (Å²) in [6.07, 6.45) is 2.14. The van der Waals surface area contributed by atoms with Gasteiger partial charge in [0.25, 0.3) is 0 Å². The van der Waals surface area contributed by atoms with Crippen LogP contribution in [0.5, 0.6) is 5.75 Å². The zero-order chi connectivity index (χ0) is 14.4. The van der Waals surface area contributed by atoms with Crippen LogP contribution in [-0.2, 0) is 13.0 Å². The third-order valence-corrected chi connectivity index (χ3v) is 3.95. The van der Waals surface area contributed by atoms with E-state index in [1.54, 1.807) is 7.11 Å². The highest BCUT2D eigenvalue weighted by atomic mass is 32.1. The van der Waals surface area contributed by atoms with Crippen molar-refractivity contribution >= 4 is 16.5 Å². The number of nitrogens with zero attached hydrogens (tertiary/aromatic N) is 1. The Kier molecular flexibility index (Phi) is 5.38. The zero-order valence-corrected chi connectivity index (χ0v) is 12.7. The van der Waals surface area contributed by atoms with Gasteiger partial charge in [0.15, 0.2) is 5.13 Å². The minimum absolute atomic E-state index is 0.444. The summed E-state index contributed by atoms with van der Waals surface area (Å²) in [4.78, 5) is 4.24. The molecule has 0 amide bonds. The maximum atomic E-state index is 5.61. The second kappa shape index (κ2) is 7.26. The van der Waals surface area contributed by atoms with Crippen molar-refractivity contribution < 1.29 is 4.74 Å². The number of thiazole rings is 1.